The van der Waals surface area contributed by atoms with E-state index in [-0.39, 0.29) is 0 Å². The molecule has 0 amide bonds. The third-order valence-electron chi connectivity index (χ3n) is 5.79. The first-order valence-electron chi connectivity index (χ1n) is 11.5. The summed E-state index contributed by atoms with van der Waals surface area (Å²) in [6.45, 7) is 9.47. The number of hydrogen-bond acceptors (Lipinski definition) is 1. The maximum absolute atomic E-state index is 11.7. The van der Waals surface area contributed by atoms with Crippen LogP contribution in [-0.4, -0.2) is 11.1 Å². The van der Waals surface area contributed by atoms with E-state index in [4.69, 9.17) is 0 Å². The van der Waals surface area contributed by atoms with Gasteiger partial charge >= 0.3 is 5.97 Å². The van der Waals surface area contributed by atoms with E-state index in [1.165, 1.54) is 77.0 Å². The number of carboxylic acids is 1. The first-order chi connectivity index (χ1) is 13.1. The Balaban J connectivity index is 3.71. The van der Waals surface area contributed by atoms with Gasteiger partial charge < -0.3 is 5.11 Å². The monoisotopic (exact) mass is 378 g/mol. The molecule has 0 fully saturated rings. The average Bonchev–Trinajstić information content (AvgIpc) is 2.65. The zero-order chi connectivity index (χ0) is 20.2. The summed E-state index contributed by atoms with van der Waals surface area (Å²) in [6.07, 6.45) is 25.2. The summed E-state index contributed by atoms with van der Waals surface area (Å²) in [5, 5.41) is 9.66. The molecule has 0 aromatic rings. The zero-order valence-corrected chi connectivity index (χ0v) is 18.2. The highest BCUT2D eigenvalue weighted by molar-refractivity contribution is 5.74. The van der Waals surface area contributed by atoms with Gasteiger partial charge in [-0.05, 0) is 45.4 Å². The normalized spacial score (nSPS) is 11.4. The smallest absolute Gasteiger partial charge is 0.309 e. The van der Waals surface area contributed by atoms with Crippen molar-refractivity contribution >= 4 is 5.97 Å². The highest BCUT2D eigenvalue weighted by Crippen LogP contribution is 2.32. The van der Waals surface area contributed by atoms with Gasteiger partial charge in [0.1, 0.15) is 0 Å². The number of carbonyl (C=O) groups is 1. The van der Waals surface area contributed by atoms with Gasteiger partial charge in [-0.25, -0.2) is 0 Å². The predicted molar refractivity (Wildman–Crippen MR) is 119 cm³/mol. The number of allylic oxidation sites excluding steroid dienone is 2. The lowest BCUT2D eigenvalue weighted by Crippen LogP contribution is -2.27. The van der Waals surface area contributed by atoms with Crippen LogP contribution in [0.1, 0.15) is 122 Å². The molecular weight excluding hydrogens is 332 g/mol. The van der Waals surface area contributed by atoms with Crippen molar-refractivity contribution in [3.05, 3.63) is 25.3 Å². The molecule has 0 bridgehead atoms. The Morgan fingerprint density at radius 3 is 1.26 bits per heavy atom. The molecule has 158 valence electrons. The Kier molecular flexibility index (Phi) is 17.6. The van der Waals surface area contributed by atoms with Crippen LogP contribution < -0.4 is 0 Å². The van der Waals surface area contributed by atoms with Crippen LogP contribution in [0.25, 0.3) is 0 Å². The van der Waals surface area contributed by atoms with Gasteiger partial charge in [0.2, 0.25) is 0 Å². The van der Waals surface area contributed by atoms with Crippen molar-refractivity contribution < 1.29 is 9.90 Å². The average molecular weight is 379 g/mol. The number of rotatable bonds is 21. The standard InChI is InChI=1S/C25H46O2/c1-4-6-8-10-12-14-16-18-20-22-25(3,24(26)27)23-21-19-17-15-13-11-9-7-5-2/h4-5H,1-2,6-23H2,3H3,(H,26,27). The van der Waals surface area contributed by atoms with Gasteiger partial charge in [-0.15, -0.1) is 13.2 Å². The zero-order valence-electron chi connectivity index (χ0n) is 18.2. The third kappa shape index (κ3) is 15.7. The molecule has 0 radical (unpaired) electrons. The Morgan fingerprint density at radius 1 is 0.667 bits per heavy atom. The fourth-order valence-corrected chi connectivity index (χ4v) is 3.71. The maximum atomic E-state index is 11.7. The second kappa shape index (κ2) is 18.3. The van der Waals surface area contributed by atoms with Crippen molar-refractivity contribution in [1.82, 2.24) is 0 Å². The Labute approximate surface area is 169 Å². The van der Waals surface area contributed by atoms with E-state index in [0.717, 1.165) is 38.5 Å². The molecule has 0 atom stereocenters. The van der Waals surface area contributed by atoms with E-state index in [1.54, 1.807) is 0 Å². The summed E-state index contributed by atoms with van der Waals surface area (Å²) in [6, 6.07) is 0. The van der Waals surface area contributed by atoms with E-state index < -0.39 is 11.4 Å². The molecule has 1 N–H and O–H groups in total. The van der Waals surface area contributed by atoms with Crippen molar-refractivity contribution in [2.75, 3.05) is 0 Å². The van der Waals surface area contributed by atoms with E-state index in [9.17, 15) is 9.90 Å². The summed E-state index contributed by atoms with van der Waals surface area (Å²) in [5.41, 5.74) is -0.520. The third-order valence-corrected chi connectivity index (χ3v) is 5.79. The lowest BCUT2D eigenvalue weighted by molar-refractivity contribution is -0.149. The highest BCUT2D eigenvalue weighted by Gasteiger charge is 2.31. The fourth-order valence-electron chi connectivity index (χ4n) is 3.71. The van der Waals surface area contributed by atoms with Gasteiger partial charge in [0.05, 0.1) is 5.41 Å². The number of aliphatic carboxylic acids is 1. The van der Waals surface area contributed by atoms with Gasteiger partial charge in [-0.1, -0.05) is 89.2 Å². The van der Waals surface area contributed by atoms with Crippen molar-refractivity contribution in [2.24, 2.45) is 5.41 Å². The van der Waals surface area contributed by atoms with Crippen molar-refractivity contribution in [2.45, 2.75) is 122 Å². The van der Waals surface area contributed by atoms with Gasteiger partial charge in [0.15, 0.2) is 0 Å². The van der Waals surface area contributed by atoms with Gasteiger partial charge in [0.25, 0.3) is 0 Å². The van der Waals surface area contributed by atoms with Gasteiger partial charge in [0, 0.05) is 0 Å². The highest BCUT2D eigenvalue weighted by atomic mass is 16.4. The van der Waals surface area contributed by atoms with Gasteiger partial charge in [-0.3, -0.25) is 4.79 Å². The minimum absolute atomic E-state index is 0.520. The van der Waals surface area contributed by atoms with Crippen molar-refractivity contribution in [3.63, 3.8) is 0 Å². The lowest BCUT2D eigenvalue weighted by Gasteiger charge is -2.24. The maximum Gasteiger partial charge on any atom is 0.309 e. The summed E-state index contributed by atoms with van der Waals surface area (Å²) < 4.78 is 0. The number of hydrogen-bond donors (Lipinski definition) is 1. The molecule has 0 rings (SSSR count). The quantitative estimate of drug-likeness (QED) is 0.161. The van der Waals surface area contributed by atoms with Crippen LogP contribution in [0.2, 0.25) is 0 Å². The summed E-state index contributed by atoms with van der Waals surface area (Å²) in [5.74, 6) is -0.601. The predicted octanol–water partition coefficient (Wildman–Crippen LogP) is 8.47. The van der Waals surface area contributed by atoms with E-state index in [1.807, 2.05) is 19.1 Å². The molecule has 0 spiro atoms. The first kappa shape index (κ1) is 26.0. The Hall–Kier alpha value is -1.05. The molecule has 0 saturated carbocycles. The van der Waals surface area contributed by atoms with Crippen molar-refractivity contribution in [1.29, 1.82) is 0 Å². The van der Waals surface area contributed by atoms with E-state index in [2.05, 4.69) is 13.2 Å². The van der Waals surface area contributed by atoms with Crippen LogP contribution in [0.4, 0.5) is 0 Å². The van der Waals surface area contributed by atoms with E-state index >= 15 is 0 Å². The molecule has 0 unspecified atom stereocenters. The second-order valence-electron chi connectivity index (χ2n) is 8.47. The SMILES string of the molecule is C=CCCCCCCCCCC(C)(CCCCCCCCCC=C)C(=O)O. The summed E-state index contributed by atoms with van der Waals surface area (Å²) in [7, 11) is 0. The number of carboxylic acid groups (broad SMARTS) is 1. The molecule has 0 aliphatic carbocycles. The van der Waals surface area contributed by atoms with Crippen LogP contribution >= 0.6 is 0 Å². The molecule has 0 aliphatic rings. The molecule has 0 aliphatic heterocycles. The molecule has 2 nitrogen and oxygen atoms in total. The molecule has 0 saturated heterocycles. The second-order valence-corrected chi connectivity index (χ2v) is 8.47. The van der Waals surface area contributed by atoms with Crippen LogP contribution in [0.3, 0.4) is 0 Å². The minimum Gasteiger partial charge on any atom is -0.481 e. The van der Waals surface area contributed by atoms with Crippen LogP contribution in [-0.2, 0) is 4.79 Å². The number of unbranched alkanes of at least 4 members (excludes halogenated alkanes) is 14. The van der Waals surface area contributed by atoms with Crippen molar-refractivity contribution in [3.8, 4) is 0 Å². The molecule has 2 heteroatoms. The van der Waals surface area contributed by atoms with Crippen LogP contribution in [0.5, 0.6) is 0 Å². The fraction of sp³-hybridized carbons (Fsp3) is 0.800. The first-order valence-corrected chi connectivity index (χ1v) is 11.5. The minimum atomic E-state index is -0.601. The Bertz CT molecular complexity index is 347. The summed E-state index contributed by atoms with van der Waals surface area (Å²) in [4.78, 5) is 11.7. The topological polar surface area (TPSA) is 37.3 Å². The van der Waals surface area contributed by atoms with Gasteiger partial charge in [-0.2, -0.15) is 0 Å². The molecule has 0 heterocycles. The summed E-state index contributed by atoms with van der Waals surface area (Å²) >= 11 is 0. The molecule has 0 aromatic carbocycles. The Morgan fingerprint density at radius 2 is 0.963 bits per heavy atom. The van der Waals surface area contributed by atoms with Crippen LogP contribution in [0, 0.1) is 5.41 Å². The molecule has 27 heavy (non-hydrogen) atoms. The largest absolute Gasteiger partial charge is 0.481 e. The van der Waals surface area contributed by atoms with E-state index in [0.29, 0.717) is 0 Å². The van der Waals surface area contributed by atoms with Crippen LogP contribution in [0.15, 0.2) is 25.3 Å². The lowest BCUT2D eigenvalue weighted by atomic mass is 9.80. The molecule has 0 aromatic heterocycles. The molecular formula is C25H46O2.